The van der Waals surface area contributed by atoms with Gasteiger partial charge in [0.05, 0.1) is 26.4 Å². The van der Waals surface area contributed by atoms with E-state index in [1.807, 2.05) is 0 Å². The highest BCUT2D eigenvalue weighted by Crippen LogP contribution is 2.34. The van der Waals surface area contributed by atoms with Crippen LogP contribution in [0.1, 0.15) is 13.8 Å². The number of aliphatic hydroxyl groups is 11. The van der Waals surface area contributed by atoms with Crippen molar-refractivity contribution in [2.45, 2.75) is 130 Å². The SMILES string of the molecule is CC(=O)N[C@@H]1[C@@H](O)[C@H](O[C@@H]2O[C@H](CO)[C@@H](O[C@@H]3O[C@H](CO)[C@@H](O)[C@H](O)[C@@H]3O[C@H]3OC[C@@H](O)[C@H](O)[C@H]3O)[C@H](O)[C@H]2NC(C)=O)[C@@H](CO)O[C@H]1O. The van der Waals surface area contributed by atoms with Crippen molar-refractivity contribution in [1.82, 2.24) is 10.6 Å². The molecule has 0 bridgehead atoms. The van der Waals surface area contributed by atoms with Crippen LogP contribution in [-0.2, 0) is 42.7 Å². The van der Waals surface area contributed by atoms with E-state index in [2.05, 4.69) is 10.6 Å². The lowest BCUT2D eigenvalue weighted by atomic mass is 9.94. The van der Waals surface area contributed by atoms with Crippen molar-refractivity contribution in [2.24, 2.45) is 0 Å². The van der Waals surface area contributed by atoms with Crippen molar-refractivity contribution in [3.05, 3.63) is 0 Å². The maximum atomic E-state index is 12.2. The van der Waals surface area contributed by atoms with Crippen LogP contribution in [0.4, 0.5) is 0 Å². The van der Waals surface area contributed by atoms with E-state index >= 15 is 0 Å². The predicted octanol–water partition coefficient (Wildman–Crippen LogP) is -8.82. The van der Waals surface area contributed by atoms with Gasteiger partial charge in [0.2, 0.25) is 11.8 Å². The average Bonchev–Trinajstić information content (AvgIpc) is 3.05. The summed E-state index contributed by atoms with van der Waals surface area (Å²) in [5, 5.41) is 119. The van der Waals surface area contributed by atoms with Crippen molar-refractivity contribution in [2.75, 3.05) is 26.4 Å². The van der Waals surface area contributed by atoms with Gasteiger partial charge < -0.3 is 100.0 Å². The van der Waals surface area contributed by atoms with E-state index < -0.39 is 155 Å². The molecule has 4 heterocycles. The fourth-order valence-electron chi connectivity index (χ4n) is 6.05. The molecule has 0 spiro atoms. The van der Waals surface area contributed by atoms with Crippen molar-refractivity contribution >= 4 is 11.8 Å². The molecule has 4 saturated heterocycles. The first-order valence-corrected chi connectivity index (χ1v) is 15.5. The Morgan fingerprint density at radius 2 is 1.06 bits per heavy atom. The summed E-state index contributed by atoms with van der Waals surface area (Å²) < 4.78 is 39.4. The largest absolute Gasteiger partial charge is 0.394 e. The summed E-state index contributed by atoms with van der Waals surface area (Å²) in [6, 6.07) is -3.02. The van der Waals surface area contributed by atoms with Crippen LogP contribution in [0.15, 0.2) is 0 Å². The molecule has 4 rings (SSSR count). The summed E-state index contributed by atoms with van der Waals surface area (Å²) >= 11 is 0. The van der Waals surface area contributed by atoms with E-state index in [0.717, 1.165) is 13.8 Å². The van der Waals surface area contributed by atoms with Gasteiger partial charge in [0.1, 0.15) is 91.4 Å². The van der Waals surface area contributed by atoms with Gasteiger partial charge in [-0.2, -0.15) is 0 Å². The number of ether oxygens (including phenoxy) is 7. The molecule has 22 heteroatoms. The normalized spacial score (nSPS) is 47.7. The van der Waals surface area contributed by atoms with Crippen LogP contribution in [0.2, 0.25) is 0 Å². The number of carbonyl (C=O) groups excluding carboxylic acids is 2. The first-order valence-electron chi connectivity index (χ1n) is 15.5. The molecule has 0 saturated carbocycles. The maximum Gasteiger partial charge on any atom is 0.217 e. The smallest absolute Gasteiger partial charge is 0.217 e. The van der Waals surface area contributed by atoms with Gasteiger partial charge in [-0.25, -0.2) is 0 Å². The van der Waals surface area contributed by atoms with Gasteiger partial charge in [-0.05, 0) is 0 Å². The molecule has 0 aromatic carbocycles. The Morgan fingerprint density at radius 1 is 0.571 bits per heavy atom. The van der Waals surface area contributed by atoms with Crippen LogP contribution in [-0.4, -0.2) is 211 Å². The van der Waals surface area contributed by atoms with Crippen LogP contribution >= 0.6 is 0 Å². The highest BCUT2D eigenvalue weighted by molar-refractivity contribution is 5.73. The molecule has 2 amide bonds. The lowest BCUT2D eigenvalue weighted by Crippen LogP contribution is -2.70. The van der Waals surface area contributed by atoms with Gasteiger partial charge >= 0.3 is 0 Å². The van der Waals surface area contributed by atoms with Crippen LogP contribution in [0, 0.1) is 0 Å². The Labute approximate surface area is 278 Å². The third-order valence-electron chi connectivity index (χ3n) is 8.62. The quantitative estimate of drug-likeness (QED) is 0.0943. The van der Waals surface area contributed by atoms with E-state index in [-0.39, 0.29) is 0 Å². The molecule has 0 aliphatic carbocycles. The minimum atomic E-state index is -1.91. The first-order chi connectivity index (χ1) is 23.1. The van der Waals surface area contributed by atoms with Crippen molar-refractivity contribution in [3.8, 4) is 0 Å². The number of carbonyl (C=O) groups is 2. The molecule has 284 valence electrons. The molecular weight excluding hydrogens is 672 g/mol. The molecule has 4 aliphatic rings. The molecule has 19 atom stereocenters. The molecular formula is C27H46N2O20. The van der Waals surface area contributed by atoms with E-state index in [9.17, 15) is 65.8 Å². The fourth-order valence-corrected chi connectivity index (χ4v) is 6.05. The second kappa shape index (κ2) is 17.2. The molecule has 4 fully saturated rings. The minimum Gasteiger partial charge on any atom is -0.394 e. The molecule has 13 N–H and O–H groups in total. The topological polar surface area (TPSA) is 345 Å². The lowest BCUT2D eigenvalue weighted by molar-refractivity contribution is -0.382. The summed E-state index contributed by atoms with van der Waals surface area (Å²) in [5.74, 6) is -1.38. The fraction of sp³-hybridized carbons (Fsp3) is 0.926. The summed E-state index contributed by atoms with van der Waals surface area (Å²) in [5.41, 5.74) is 0. The molecule has 22 nitrogen and oxygen atoms in total. The van der Waals surface area contributed by atoms with E-state index in [4.69, 9.17) is 33.2 Å². The summed E-state index contributed by atoms with van der Waals surface area (Å²) in [6.07, 6.45) is -28.9. The van der Waals surface area contributed by atoms with Gasteiger partial charge in [0.15, 0.2) is 25.2 Å². The van der Waals surface area contributed by atoms with Crippen molar-refractivity contribution in [1.29, 1.82) is 0 Å². The molecule has 49 heavy (non-hydrogen) atoms. The molecule has 0 unspecified atom stereocenters. The monoisotopic (exact) mass is 718 g/mol. The summed E-state index contributed by atoms with van der Waals surface area (Å²) in [6.45, 7) is -0.869. The van der Waals surface area contributed by atoms with Gasteiger partial charge in [-0.15, -0.1) is 0 Å². The van der Waals surface area contributed by atoms with Gasteiger partial charge in [0.25, 0.3) is 0 Å². The zero-order valence-corrected chi connectivity index (χ0v) is 26.4. The van der Waals surface area contributed by atoms with Crippen molar-refractivity contribution < 1.29 is 98.9 Å². The van der Waals surface area contributed by atoms with Crippen LogP contribution in [0.5, 0.6) is 0 Å². The zero-order chi connectivity index (χ0) is 36.3. The first kappa shape index (κ1) is 40.0. The standard InChI is InChI=1S/C27H46N2O20/c1-7(33)28-13-17(38)21(11(4-31)44-24(13)42)47-25-14(29-8(2)34)18(39)22(12(5-32)46-25)48-27-23(19(40)16(37)10(3-30)45-27)49-26-20(41)15(36)9(35)6-43-26/h9-27,30-32,35-42H,3-6H2,1-2H3,(H,28,33)(H,29,34)/t9-,10-,11-,12-,13-,14-,15+,16-,17-,18-,19+,20-,21-,22-,23+,24-,25+,26-,27+/m1/s1. The summed E-state index contributed by atoms with van der Waals surface area (Å²) in [4.78, 5) is 23.9. The molecule has 0 aromatic heterocycles. The number of hydrogen-bond donors (Lipinski definition) is 13. The third kappa shape index (κ3) is 8.82. The number of amides is 2. The van der Waals surface area contributed by atoms with E-state index in [1.54, 1.807) is 0 Å². The minimum absolute atomic E-state index is 0.496. The Morgan fingerprint density at radius 3 is 1.63 bits per heavy atom. The Hall–Kier alpha value is -1.78. The van der Waals surface area contributed by atoms with Gasteiger partial charge in [-0.1, -0.05) is 0 Å². The molecule has 4 aliphatic heterocycles. The highest BCUT2D eigenvalue weighted by Gasteiger charge is 2.55. The Kier molecular flexibility index (Phi) is 14.0. The Balaban J connectivity index is 1.59. The second-order valence-electron chi connectivity index (χ2n) is 12.2. The predicted molar refractivity (Wildman–Crippen MR) is 151 cm³/mol. The van der Waals surface area contributed by atoms with E-state index in [0.29, 0.717) is 0 Å². The van der Waals surface area contributed by atoms with E-state index in [1.165, 1.54) is 0 Å². The zero-order valence-electron chi connectivity index (χ0n) is 26.4. The van der Waals surface area contributed by atoms with Crippen LogP contribution in [0.25, 0.3) is 0 Å². The summed E-state index contributed by atoms with van der Waals surface area (Å²) in [7, 11) is 0. The average molecular weight is 719 g/mol. The number of aliphatic hydroxyl groups excluding tert-OH is 11. The van der Waals surface area contributed by atoms with Crippen molar-refractivity contribution in [3.63, 3.8) is 0 Å². The van der Waals surface area contributed by atoms with Gasteiger partial charge in [-0.3, -0.25) is 9.59 Å². The number of hydrogen-bond acceptors (Lipinski definition) is 20. The lowest BCUT2D eigenvalue weighted by Gasteiger charge is -2.50. The highest BCUT2D eigenvalue weighted by atomic mass is 16.8. The molecule has 0 radical (unpaired) electrons. The Bertz CT molecular complexity index is 1090. The second-order valence-corrected chi connectivity index (χ2v) is 12.2. The number of nitrogens with one attached hydrogen (secondary N) is 2. The number of rotatable bonds is 11. The van der Waals surface area contributed by atoms with Crippen LogP contribution < -0.4 is 10.6 Å². The third-order valence-corrected chi connectivity index (χ3v) is 8.62. The van der Waals surface area contributed by atoms with Gasteiger partial charge in [0, 0.05) is 13.8 Å². The van der Waals surface area contributed by atoms with Crippen LogP contribution in [0.3, 0.4) is 0 Å². The maximum absolute atomic E-state index is 12.2. The molecule has 0 aromatic rings.